The number of amides is 2. The smallest absolute Gasteiger partial charge is 0.317 e. The van der Waals surface area contributed by atoms with Gasteiger partial charge in [-0.05, 0) is 31.1 Å². The van der Waals surface area contributed by atoms with Crippen LogP contribution in [0, 0.1) is 11.8 Å². The highest BCUT2D eigenvalue weighted by Gasteiger charge is 2.53. The molecule has 0 spiro atoms. The Morgan fingerprint density at radius 1 is 1.15 bits per heavy atom. The number of nitrogens with one attached hydrogen (secondary N) is 1. The Hall–Kier alpha value is -0.730. The van der Waals surface area contributed by atoms with E-state index in [4.69, 9.17) is 0 Å². The van der Waals surface area contributed by atoms with Crippen molar-refractivity contribution in [2.75, 3.05) is 13.1 Å². The van der Waals surface area contributed by atoms with Crippen LogP contribution in [0.25, 0.3) is 0 Å². The molecule has 0 aromatic heterocycles. The second-order valence-electron chi connectivity index (χ2n) is 4.57. The van der Waals surface area contributed by atoms with Gasteiger partial charge in [-0.1, -0.05) is 6.42 Å². The van der Waals surface area contributed by atoms with E-state index in [1.165, 1.54) is 25.7 Å². The van der Waals surface area contributed by atoms with Gasteiger partial charge in [0.05, 0.1) is 0 Å². The Morgan fingerprint density at radius 2 is 1.85 bits per heavy atom. The van der Waals surface area contributed by atoms with Crippen molar-refractivity contribution in [3.8, 4) is 0 Å². The summed E-state index contributed by atoms with van der Waals surface area (Å²) in [4.78, 5) is 13.4. The second kappa shape index (κ2) is 2.63. The van der Waals surface area contributed by atoms with Gasteiger partial charge in [0.2, 0.25) is 0 Å². The molecule has 0 bridgehead atoms. The molecule has 72 valence electrons. The molecule has 2 aliphatic carbocycles. The van der Waals surface area contributed by atoms with Gasteiger partial charge in [0.15, 0.2) is 0 Å². The molecule has 1 heterocycles. The largest absolute Gasteiger partial charge is 0.335 e. The molecule has 3 heteroatoms. The van der Waals surface area contributed by atoms with Crippen LogP contribution in [0.15, 0.2) is 0 Å². The van der Waals surface area contributed by atoms with E-state index in [0.29, 0.717) is 6.04 Å². The normalized spacial score (nSPS) is 40.9. The predicted octanol–water partition coefficient (Wildman–Crippen LogP) is 1.20. The summed E-state index contributed by atoms with van der Waals surface area (Å²) in [6.45, 7) is 1.93. The minimum atomic E-state index is 0.186. The number of hydrogen-bond donors (Lipinski definition) is 1. The van der Waals surface area contributed by atoms with Crippen LogP contribution in [0.4, 0.5) is 4.79 Å². The average Bonchev–Trinajstić information content (AvgIpc) is 2.50. The lowest BCUT2D eigenvalue weighted by Crippen LogP contribution is -2.48. The van der Waals surface area contributed by atoms with Gasteiger partial charge in [-0.2, -0.15) is 0 Å². The summed E-state index contributed by atoms with van der Waals surface area (Å²) in [5.74, 6) is 1.68. The van der Waals surface area contributed by atoms with E-state index in [2.05, 4.69) is 5.32 Å². The fourth-order valence-corrected chi connectivity index (χ4v) is 2.79. The molecule has 2 amide bonds. The van der Waals surface area contributed by atoms with Crippen molar-refractivity contribution in [1.29, 1.82) is 0 Å². The molecule has 2 atom stereocenters. The Bertz CT molecular complexity index is 227. The van der Waals surface area contributed by atoms with Gasteiger partial charge in [-0.3, -0.25) is 0 Å². The third kappa shape index (κ3) is 1.13. The number of likely N-dealkylation sites (tertiary alicyclic amines) is 1. The number of fused-ring (bicyclic) bond motifs is 1. The van der Waals surface area contributed by atoms with Gasteiger partial charge in [0.25, 0.3) is 0 Å². The molecule has 0 aromatic carbocycles. The van der Waals surface area contributed by atoms with Crippen LogP contribution in [0.2, 0.25) is 0 Å². The topological polar surface area (TPSA) is 32.3 Å². The molecule has 0 aromatic rings. The summed E-state index contributed by atoms with van der Waals surface area (Å²) in [7, 11) is 0. The number of carbonyl (C=O) groups is 1. The summed E-state index contributed by atoms with van der Waals surface area (Å²) in [5, 5.41) is 3.14. The summed E-state index contributed by atoms with van der Waals surface area (Å²) >= 11 is 0. The predicted molar refractivity (Wildman–Crippen MR) is 49.3 cm³/mol. The van der Waals surface area contributed by atoms with Crippen LogP contribution < -0.4 is 5.32 Å². The molecule has 1 aliphatic heterocycles. The molecule has 2 unspecified atom stereocenters. The van der Waals surface area contributed by atoms with Crippen molar-refractivity contribution >= 4 is 6.03 Å². The number of urea groups is 1. The third-order valence-electron chi connectivity index (χ3n) is 3.84. The first-order valence-electron chi connectivity index (χ1n) is 5.42. The van der Waals surface area contributed by atoms with Crippen molar-refractivity contribution in [1.82, 2.24) is 10.2 Å². The van der Waals surface area contributed by atoms with Gasteiger partial charge >= 0.3 is 6.03 Å². The van der Waals surface area contributed by atoms with Gasteiger partial charge in [-0.25, -0.2) is 4.79 Å². The van der Waals surface area contributed by atoms with Crippen LogP contribution >= 0.6 is 0 Å². The van der Waals surface area contributed by atoms with Crippen molar-refractivity contribution in [3.05, 3.63) is 0 Å². The first-order chi connectivity index (χ1) is 6.36. The van der Waals surface area contributed by atoms with Crippen LogP contribution in [0.5, 0.6) is 0 Å². The lowest BCUT2D eigenvalue weighted by molar-refractivity contribution is 0.166. The van der Waals surface area contributed by atoms with Crippen molar-refractivity contribution in [2.24, 2.45) is 11.8 Å². The lowest BCUT2D eigenvalue weighted by Gasteiger charge is -2.31. The maximum absolute atomic E-state index is 11.5. The number of rotatable bonds is 1. The van der Waals surface area contributed by atoms with Crippen LogP contribution in [-0.4, -0.2) is 30.1 Å². The van der Waals surface area contributed by atoms with Crippen LogP contribution in [-0.2, 0) is 0 Å². The molecule has 3 aliphatic rings. The highest BCUT2D eigenvalue weighted by Crippen LogP contribution is 2.51. The zero-order valence-corrected chi connectivity index (χ0v) is 7.83. The van der Waals surface area contributed by atoms with Crippen LogP contribution in [0.3, 0.4) is 0 Å². The molecule has 3 rings (SSSR count). The van der Waals surface area contributed by atoms with E-state index in [9.17, 15) is 4.79 Å². The standard InChI is InChI=1S/C10H16N2O/c13-10(12-5-2-6-12)11-9-7-3-1-4-8(7)9/h7-9H,1-6H2,(H,11,13). The zero-order valence-electron chi connectivity index (χ0n) is 7.83. The second-order valence-corrected chi connectivity index (χ2v) is 4.57. The van der Waals surface area contributed by atoms with E-state index in [1.54, 1.807) is 0 Å². The number of carbonyl (C=O) groups excluding carboxylic acids is 1. The lowest BCUT2D eigenvalue weighted by atomic mass is 10.2. The quantitative estimate of drug-likeness (QED) is 0.646. The Balaban J connectivity index is 1.50. The third-order valence-corrected chi connectivity index (χ3v) is 3.84. The highest BCUT2D eigenvalue weighted by molar-refractivity contribution is 5.75. The Morgan fingerprint density at radius 3 is 2.38 bits per heavy atom. The summed E-state index contributed by atoms with van der Waals surface area (Å²) < 4.78 is 0. The van der Waals surface area contributed by atoms with E-state index >= 15 is 0 Å². The average molecular weight is 180 g/mol. The van der Waals surface area contributed by atoms with Crippen molar-refractivity contribution in [2.45, 2.75) is 31.7 Å². The maximum atomic E-state index is 11.5. The minimum absolute atomic E-state index is 0.186. The number of hydrogen-bond acceptors (Lipinski definition) is 1. The van der Waals surface area contributed by atoms with E-state index in [1.807, 2.05) is 4.90 Å². The van der Waals surface area contributed by atoms with Crippen LogP contribution in [0.1, 0.15) is 25.7 Å². The molecule has 3 fully saturated rings. The molecular formula is C10H16N2O. The molecule has 1 N–H and O–H groups in total. The molecule has 0 radical (unpaired) electrons. The van der Waals surface area contributed by atoms with E-state index in [0.717, 1.165) is 24.9 Å². The van der Waals surface area contributed by atoms with Gasteiger partial charge in [-0.15, -0.1) is 0 Å². The fourth-order valence-electron chi connectivity index (χ4n) is 2.79. The highest BCUT2D eigenvalue weighted by atomic mass is 16.2. The Labute approximate surface area is 78.5 Å². The first-order valence-corrected chi connectivity index (χ1v) is 5.42. The number of nitrogens with zero attached hydrogens (tertiary/aromatic N) is 1. The van der Waals surface area contributed by atoms with Gasteiger partial charge in [0, 0.05) is 19.1 Å². The summed E-state index contributed by atoms with van der Waals surface area (Å²) in [6.07, 6.45) is 5.25. The first kappa shape index (κ1) is 7.65. The molecular weight excluding hydrogens is 164 g/mol. The molecule has 13 heavy (non-hydrogen) atoms. The van der Waals surface area contributed by atoms with Gasteiger partial charge < -0.3 is 10.2 Å². The van der Waals surface area contributed by atoms with Crippen molar-refractivity contribution in [3.63, 3.8) is 0 Å². The van der Waals surface area contributed by atoms with E-state index < -0.39 is 0 Å². The van der Waals surface area contributed by atoms with E-state index in [-0.39, 0.29) is 6.03 Å². The summed E-state index contributed by atoms with van der Waals surface area (Å²) in [5.41, 5.74) is 0. The fraction of sp³-hybridized carbons (Fsp3) is 0.900. The van der Waals surface area contributed by atoms with Crippen molar-refractivity contribution < 1.29 is 4.79 Å². The zero-order chi connectivity index (χ0) is 8.84. The SMILES string of the molecule is O=C(NC1C2CCCC21)N1CCC1. The monoisotopic (exact) mass is 180 g/mol. The minimum Gasteiger partial charge on any atom is -0.335 e. The maximum Gasteiger partial charge on any atom is 0.317 e. The molecule has 3 nitrogen and oxygen atoms in total. The molecule has 2 saturated carbocycles. The molecule has 1 saturated heterocycles. The van der Waals surface area contributed by atoms with Gasteiger partial charge in [0.1, 0.15) is 0 Å². The Kier molecular flexibility index (Phi) is 1.55. The summed E-state index contributed by atoms with van der Waals surface area (Å²) in [6, 6.07) is 0.729.